The van der Waals surface area contributed by atoms with Crippen molar-refractivity contribution in [1.29, 1.82) is 5.26 Å². The van der Waals surface area contributed by atoms with Crippen LogP contribution in [0.2, 0.25) is 0 Å². The van der Waals surface area contributed by atoms with Gasteiger partial charge in [-0.15, -0.1) is 0 Å². The van der Waals surface area contributed by atoms with E-state index in [4.69, 9.17) is 15.2 Å². The monoisotopic (exact) mass is 260 g/mol. The number of nitrogens with zero attached hydrogens (tertiary/aromatic N) is 1. The quantitative estimate of drug-likeness (QED) is 0.792. The average molecular weight is 260 g/mol. The summed E-state index contributed by atoms with van der Waals surface area (Å²) in [6.45, 7) is 2.80. The maximum Gasteiger partial charge on any atom is 0.132 e. The zero-order chi connectivity index (χ0) is 13.6. The van der Waals surface area contributed by atoms with Crippen LogP contribution < -0.4 is 5.73 Å². The Bertz CT molecular complexity index is 424. The first-order chi connectivity index (χ1) is 9.24. The molecule has 102 valence electrons. The molecule has 1 aliphatic heterocycles. The van der Waals surface area contributed by atoms with Crippen LogP contribution in [0.15, 0.2) is 30.3 Å². The predicted molar refractivity (Wildman–Crippen MR) is 72.3 cm³/mol. The van der Waals surface area contributed by atoms with Crippen molar-refractivity contribution in [3.05, 3.63) is 35.9 Å². The first-order valence-electron chi connectivity index (χ1n) is 6.66. The third kappa shape index (κ3) is 3.77. The zero-order valence-electron chi connectivity index (χ0n) is 11.0. The van der Waals surface area contributed by atoms with Crippen molar-refractivity contribution in [2.75, 3.05) is 26.4 Å². The van der Waals surface area contributed by atoms with Gasteiger partial charge in [0, 0.05) is 25.6 Å². The Balaban J connectivity index is 1.80. The van der Waals surface area contributed by atoms with E-state index in [1.165, 1.54) is 0 Å². The molecule has 4 heteroatoms. The van der Waals surface area contributed by atoms with Gasteiger partial charge in [0.2, 0.25) is 0 Å². The maximum absolute atomic E-state index is 9.30. The van der Waals surface area contributed by atoms with Gasteiger partial charge in [-0.25, -0.2) is 0 Å². The highest BCUT2D eigenvalue weighted by atomic mass is 16.5. The van der Waals surface area contributed by atoms with E-state index >= 15 is 0 Å². The van der Waals surface area contributed by atoms with Crippen LogP contribution in [0.4, 0.5) is 0 Å². The van der Waals surface area contributed by atoms with Gasteiger partial charge in [0.1, 0.15) is 5.54 Å². The normalized spacial score (nSPS) is 21.8. The molecule has 0 saturated carbocycles. The second-order valence-electron chi connectivity index (χ2n) is 5.00. The van der Waals surface area contributed by atoms with Gasteiger partial charge in [0.05, 0.1) is 19.3 Å². The molecule has 0 aliphatic carbocycles. The van der Waals surface area contributed by atoms with E-state index in [9.17, 15) is 5.26 Å². The predicted octanol–water partition coefficient (Wildman–Crippen LogP) is 1.81. The van der Waals surface area contributed by atoms with Crippen molar-refractivity contribution in [2.24, 2.45) is 11.7 Å². The molecule has 0 spiro atoms. The minimum Gasteiger partial charge on any atom is -0.381 e. The third-order valence-corrected chi connectivity index (χ3v) is 3.51. The summed E-state index contributed by atoms with van der Waals surface area (Å²) in [5.41, 5.74) is 6.02. The second kappa shape index (κ2) is 6.67. The summed E-state index contributed by atoms with van der Waals surface area (Å²) < 4.78 is 10.9. The van der Waals surface area contributed by atoms with E-state index < -0.39 is 5.54 Å². The van der Waals surface area contributed by atoms with Crippen molar-refractivity contribution in [3.8, 4) is 6.07 Å². The van der Waals surface area contributed by atoms with Gasteiger partial charge in [0.25, 0.3) is 0 Å². The summed E-state index contributed by atoms with van der Waals surface area (Å²) >= 11 is 0. The van der Waals surface area contributed by atoms with Crippen LogP contribution in [0.3, 0.4) is 0 Å². The topological polar surface area (TPSA) is 68.3 Å². The molecule has 0 amide bonds. The summed E-state index contributed by atoms with van der Waals surface area (Å²) in [6.07, 6.45) is 1.56. The third-order valence-electron chi connectivity index (χ3n) is 3.51. The number of hydrogen-bond acceptors (Lipinski definition) is 4. The molecule has 2 N–H and O–H groups in total. The van der Waals surface area contributed by atoms with Gasteiger partial charge in [-0.2, -0.15) is 5.26 Å². The highest BCUT2D eigenvalue weighted by Crippen LogP contribution is 2.21. The number of hydrogen-bond donors (Lipinski definition) is 1. The van der Waals surface area contributed by atoms with Gasteiger partial charge in [-0.1, -0.05) is 30.3 Å². The maximum atomic E-state index is 9.30. The van der Waals surface area contributed by atoms with Crippen molar-refractivity contribution in [2.45, 2.75) is 18.4 Å². The fraction of sp³-hybridized carbons (Fsp3) is 0.533. The first kappa shape index (κ1) is 14.0. The number of nitrogens with two attached hydrogens (primary N) is 1. The van der Waals surface area contributed by atoms with Crippen molar-refractivity contribution >= 4 is 0 Å². The average Bonchev–Trinajstić information content (AvgIpc) is 2.97. The van der Waals surface area contributed by atoms with E-state index in [1.54, 1.807) is 0 Å². The number of nitriles is 1. The smallest absolute Gasteiger partial charge is 0.132 e. The first-order valence-corrected chi connectivity index (χ1v) is 6.66. The fourth-order valence-electron chi connectivity index (χ4n) is 2.20. The number of benzene rings is 1. The van der Waals surface area contributed by atoms with E-state index in [0.29, 0.717) is 25.6 Å². The lowest BCUT2D eigenvalue weighted by Crippen LogP contribution is -2.36. The molecule has 2 atom stereocenters. The molecule has 1 aromatic rings. The van der Waals surface area contributed by atoms with Gasteiger partial charge < -0.3 is 15.2 Å². The Morgan fingerprint density at radius 3 is 2.84 bits per heavy atom. The van der Waals surface area contributed by atoms with Crippen molar-refractivity contribution in [3.63, 3.8) is 0 Å². The molecule has 1 aliphatic rings. The summed E-state index contributed by atoms with van der Waals surface area (Å²) in [5, 5.41) is 9.30. The Hall–Kier alpha value is -1.41. The summed E-state index contributed by atoms with van der Waals surface area (Å²) in [7, 11) is 0. The van der Waals surface area contributed by atoms with Gasteiger partial charge >= 0.3 is 0 Å². The fourth-order valence-corrected chi connectivity index (χ4v) is 2.20. The molecule has 0 aromatic heterocycles. The van der Waals surface area contributed by atoms with Crippen LogP contribution in [0.25, 0.3) is 0 Å². The van der Waals surface area contributed by atoms with Crippen molar-refractivity contribution in [1.82, 2.24) is 0 Å². The van der Waals surface area contributed by atoms with E-state index in [-0.39, 0.29) is 0 Å². The van der Waals surface area contributed by atoms with Crippen LogP contribution in [0.1, 0.15) is 18.4 Å². The number of ether oxygens (including phenoxy) is 2. The molecule has 1 fully saturated rings. The van der Waals surface area contributed by atoms with Crippen LogP contribution in [-0.2, 0) is 15.0 Å². The molecule has 19 heavy (non-hydrogen) atoms. The minimum atomic E-state index is -0.965. The van der Waals surface area contributed by atoms with E-state index in [1.807, 2.05) is 30.3 Å². The Labute approximate surface area is 114 Å². The molecule has 0 bridgehead atoms. The van der Waals surface area contributed by atoms with E-state index in [0.717, 1.165) is 25.2 Å². The lowest BCUT2D eigenvalue weighted by Gasteiger charge is -2.22. The summed E-state index contributed by atoms with van der Waals surface area (Å²) in [6, 6.07) is 11.7. The van der Waals surface area contributed by atoms with Gasteiger partial charge in [-0.3, -0.25) is 0 Å². The van der Waals surface area contributed by atoms with Crippen LogP contribution in [0, 0.1) is 17.2 Å². The molecule has 1 saturated heterocycles. The standard InChI is InChI=1S/C15H20N2O2/c16-12-15(17,14-4-2-1-3-5-14)7-9-19-11-13-6-8-18-10-13/h1-5,13H,6-11,17H2. The van der Waals surface area contributed by atoms with Crippen molar-refractivity contribution < 1.29 is 9.47 Å². The Morgan fingerprint density at radius 1 is 1.42 bits per heavy atom. The van der Waals surface area contributed by atoms with Crippen LogP contribution >= 0.6 is 0 Å². The van der Waals surface area contributed by atoms with Gasteiger partial charge in [-0.05, 0) is 12.0 Å². The summed E-state index contributed by atoms with van der Waals surface area (Å²) in [5.74, 6) is 0.492. The molecule has 4 nitrogen and oxygen atoms in total. The molecule has 0 radical (unpaired) electrons. The molecular formula is C15H20N2O2. The Kier molecular flexibility index (Phi) is 4.92. The van der Waals surface area contributed by atoms with Crippen LogP contribution in [0.5, 0.6) is 0 Å². The molecule has 1 heterocycles. The zero-order valence-corrected chi connectivity index (χ0v) is 11.0. The lowest BCUT2D eigenvalue weighted by molar-refractivity contribution is 0.0814. The largest absolute Gasteiger partial charge is 0.381 e. The molecule has 2 unspecified atom stereocenters. The lowest BCUT2D eigenvalue weighted by atomic mass is 9.89. The SMILES string of the molecule is N#CC(N)(CCOCC1CCOC1)c1ccccc1. The Morgan fingerprint density at radius 2 is 2.21 bits per heavy atom. The molecule has 2 rings (SSSR count). The molecule has 1 aromatic carbocycles. The number of rotatable bonds is 6. The highest BCUT2D eigenvalue weighted by Gasteiger charge is 2.26. The highest BCUT2D eigenvalue weighted by molar-refractivity contribution is 5.30. The van der Waals surface area contributed by atoms with E-state index in [2.05, 4.69) is 6.07 Å². The summed E-state index contributed by atoms with van der Waals surface area (Å²) in [4.78, 5) is 0. The minimum absolute atomic E-state index is 0.492. The molecular weight excluding hydrogens is 240 g/mol. The second-order valence-corrected chi connectivity index (χ2v) is 5.00. The van der Waals surface area contributed by atoms with Crippen LogP contribution in [-0.4, -0.2) is 26.4 Å². The van der Waals surface area contributed by atoms with Gasteiger partial charge in [0.15, 0.2) is 0 Å².